The number of benzene rings is 1. The van der Waals surface area contributed by atoms with E-state index < -0.39 is 29.3 Å². The van der Waals surface area contributed by atoms with Crippen molar-refractivity contribution in [3.05, 3.63) is 35.1 Å². The quantitative estimate of drug-likeness (QED) is 0.621. The molecular weight excluding hydrogens is 264 g/mol. The van der Waals surface area contributed by atoms with E-state index in [1.54, 1.807) is 0 Å². The fourth-order valence-corrected chi connectivity index (χ4v) is 1.70. The molecule has 0 saturated carbocycles. The van der Waals surface area contributed by atoms with Gasteiger partial charge in [0.1, 0.15) is 11.6 Å². The molecule has 1 unspecified atom stereocenters. The first kappa shape index (κ1) is 15.3. The maximum absolute atomic E-state index is 13.1. The maximum atomic E-state index is 13.1. The summed E-state index contributed by atoms with van der Waals surface area (Å²) in [5.41, 5.74) is -1.59. The fraction of sp³-hybridized carbons (Fsp3) is 0.385. The lowest BCUT2D eigenvalue weighted by Gasteiger charge is -2.12. The van der Waals surface area contributed by atoms with E-state index in [0.29, 0.717) is 12.1 Å². The largest absolute Gasteiger partial charge is 0.416 e. The number of ketones is 2. The smallest absolute Gasteiger partial charge is 0.300 e. The summed E-state index contributed by atoms with van der Waals surface area (Å²) >= 11 is 0. The third-order valence-corrected chi connectivity index (χ3v) is 2.55. The molecule has 1 aromatic rings. The van der Waals surface area contributed by atoms with Gasteiger partial charge in [0.25, 0.3) is 0 Å². The maximum Gasteiger partial charge on any atom is 0.416 e. The summed E-state index contributed by atoms with van der Waals surface area (Å²) in [5.74, 6) is -2.85. The molecule has 0 saturated heterocycles. The van der Waals surface area contributed by atoms with Crippen molar-refractivity contribution in [2.75, 3.05) is 0 Å². The Kier molecular flexibility index (Phi) is 4.44. The van der Waals surface area contributed by atoms with Crippen LogP contribution in [-0.2, 0) is 11.0 Å². The van der Waals surface area contributed by atoms with Crippen molar-refractivity contribution in [1.82, 2.24) is 0 Å². The zero-order valence-corrected chi connectivity index (χ0v) is 10.3. The number of hydrogen-bond acceptors (Lipinski definition) is 2. The first-order valence-corrected chi connectivity index (χ1v) is 5.52. The molecule has 6 heteroatoms. The second kappa shape index (κ2) is 5.50. The van der Waals surface area contributed by atoms with E-state index in [2.05, 4.69) is 0 Å². The Morgan fingerprint density at radius 3 is 2.26 bits per heavy atom. The summed E-state index contributed by atoms with van der Waals surface area (Å²) in [6.45, 7) is 2.69. The minimum atomic E-state index is -4.72. The van der Waals surface area contributed by atoms with E-state index in [9.17, 15) is 27.2 Å². The Labute approximate surface area is 107 Å². The normalized spacial score (nSPS) is 13.2. The molecule has 104 valence electrons. The predicted octanol–water partition coefficient (Wildman–Crippen LogP) is 3.64. The van der Waals surface area contributed by atoms with Gasteiger partial charge >= 0.3 is 6.18 Å². The van der Waals surface area contributed by atoms with Crippen LogP contribution in [0, 0.1) is 11.7 Å². The lowest BCUT2D eigenvalue weighted by Crippen LogP contribution is -2.16. The molecule has 0 aliphatic carbocycles. The summed E-state index contributed by atoms with van der Waals surface area (Å²) in [7, 11) is 0. The predicted molar refractivity (Wildman–Crippen MR) is 60.2 cm³/mol. The van der Waals surface area contributed by atoms with Crippen LogP contribution in [0.1, 0.15) is 36.2 Å². The monoisotopic (exact) mass is 276 g/mol. The molecule has 0 N–H and O–H groups in total. The third kappa shape index (κ3) is 4.15. The van der Waals surface area contributed by atoms with E-state index in [1.165, 1.54) is 13.8 Å². The third-order valence-electron chi connectivity index (χ3n) is 2.55. The number of rotatable bonds is 4. The summed E-state index contributed by atoms with van der Waals surface area (Å²) in [6, 6.07) is 1.67. The van der Waals surface area contributed by atoms with Gasteiger partial charge in [-0.3, -0.25) is 4.79 Å². The zero-order chi connectivity index (χ0) is 14.8. The standard InChI is InChI=1S/C13H12F4O2/c1-7(3-8(2)18)12(19)9-4-10(13(15,16)17)6-11(14)5-9/h4-7H,3H2,1-2H3. The van der Waals surface area contributed by atoms with Gasteiger partial charge < -0.3 is 4.79 Å². The molecule has 0 aromatic heterocycles. The molecule has 0 heterocycles. The number of halogens is 4. The Hall–Kier alpha value is -1.72. The topological polar surface area (TPSA) is 34.1 Å². The molecule has 1 aromatic carbocycles. The second-order valence-corrected chi connectivity index (χ2v) is 4.40. The number of hydrogen-bond donors (Lipinski definition) is 0. The first-order valence-electron chi connectivity index (χ1n) is 5.52. The van der Waals surface area contributed by atoms with Gasteiger partial charge in [-0.25, -0.2) is 4.39 Å². The summed E-state index contributed by atoms with van der Waals surface area (Å²) in [6.07, 6.45) is -4.81. The summed E-state index contributed by atoms with van der Waals surface area (Å²) in [5, 5.41) is 0. The Morgan fingerprint density at radius 2 is 1.79 bits per heavy atom. The Morgan fingerprint density at radius 1 is 1.21 bits per heavy atom. The number of Topliss-reactive ketones (excluding diaryl/α,β-unsaturated/α-hetero) is 2. The van der Waals surface area contributed by atoms with Crippen LogP contribution in [0.2, 0.25) is 0 Å². The zero-order valence-electron chi connectivity index (χ0n) is 10.3. The SMILES string of the molecule is CC(=O)CC(C)C(=O)c1cc(F)cc(C(F)(F)F)c1. The van der Waals surface area contributed by atoms with Gasteiger partial charge in [0.05, 0.1) is 5.56 Å². The van der Waals surface area contributed by atoms with E-state index in [-0.39, 0.29) is 17.8 Å². The average Bonchev–Trinajstić information content (AvgIpc) is 2.25. The highest BCUT2D eigenvalue weighted by Crippen LogP contribution is 2.31. The molecule has 0 aliphatic rings. The van der Waals surface area contributed by atoms with Gasteiger partial charge in [0.2, 0.25) is 0 Å². The Balaban J connectivity index is 3.10. The van der Waals surface area contributed by atoms with Crippen LogP contribution in [0.4, 0.5) is 17.6 Å². The van der Waals surface area contributed by atoms with Crippen molar-refractivity contribution < 1.29 is 27.2 Å². The summed E-state index contributed by atoms with van der Waals surface area (Å²) in [4.78, 5) is 22.7. The lowest BCUT2D eigenvalue weighted by atomic mass is 9.94. The van der Waals surface area contributed by atoms with Crippen molar-refractivity contribution >= 4 is 11.6 Å². The van der Waals surface area contributed by atoms with Crippen molar-refractivity contribution in [2.45, 2.75) is 26.4 Å². The molecule has 1 rings (SSSR count). The van der Waals surface area contributed by atoms with Gasteiger partial charge in [0, 0.05) is 17.9 Å². The van der Waals surface area contributed by atoms with Crippen molar-refractivity contribution in [2.24, 2.45) is 5.92 Å². The molecule has 19 heavy (non-hydrogen) atoms. The summed E-state index contributed by atoms with van der Waals surface area (Å²) < 4.78 is 50.6. The number of carbonyl (C=O) groups excluding carboxylic acids is 2. The highest BCUT2D eigenvalue weighted by molar-refractivity contribution is 5.99. The van der Waals surface area contributed by atoms with Crippen LogP contribution < -0.4 is 0 Å². The van der Waals surface area contributed by atoms with Gasteiger partial charge in [-0.1, -0.05) is 6.92 Å². The molecule has 0 spiro atoms. The molecule has 0 aliphatic heterocycles. The molecule has 0 radical (unpaired) electrons. The van der Waals surface area contributed by atoms with Crippen molar-refractivity contribution in [1.29, 1.82) is 0 Å². The van der Waals surface area contributed by atoms with E-state index >= 15 is 0 Å². The molecular formula is C13H12F4O2. The molecule has 1 atom stereocenters. The van der Waals surface area contributed by atoms with Crippen LogP contribution in [0.5, 0.6) is 0 Å². The van der Waals surface area contributed by atoms with Crippen LogP contribution >= 0.6 is 0 Å². The minimum absolute atomic E-state index is 0.0866. The average molecular weight is 276 g/mol. The van der Waals surface area contributed by atoms with E-state index in [1.807, 2.05) is 0 Å². The first-order chi connectivity index (χ1) is 8.61. The van der Waals surface area contributed by atoms with Crippen molar-refractivity contribution in [3.63, 3.8) is 0 Å². The second-order valence-electron chi connectivity index (χ2n) is 4.40. The van der Waals surface area contributed by atoms with E-state index in [4.69, 9.17) is 0 Å². The highest BCUT2D eigenvalue weighted by Gasteiger charge is 2.32. The van der Waals surface area contributed by atoms with Crippen LogP contribution in [0.3, 0.4) is 0 Å². The van der Waals surface area contributed by atoms with E-state index in [0.717, 1.165) is 6.07 Å². The van der Waals surface area contributed by atoms with Gasteiger partial charge in [-0.2, -0.15) is 13.2 Å². The van der Waals surface area contributed by atoms with Crippen LogP contribution in [-0.4, -0.2) is 11.6 Å². The van der Waals surface area contributed by atoms with Gasteiger partial charge in [-0.15, -0.1) is 0 Å². The minimum Gasteiger partial charge on any atom is -0.300 e. The molecule has 0 fully saturated rings. The molecule has 0 amide bonds. The Bertz CT molecular complexity index is 506. The van der Waals surface area contributed by atoms with Crippen molar-refractivity contribution in [3.8, 4) is 0 Å². The molecule has 0 bridgehead atoms. The van der Waals surface area contributed by atoms with Crippen LogP contribution in [0.15, 0.2) is 18.2 Å². The molecule has 2 nitrogen and oxygen atoms in total. The highest BCUT2D eigenvalue weighted by atomic mass is 19.4. The fourth-order valence-electron chi connectivity index (χ4n) is 1.70. The van der Waals surface area contributed by atoms with Gasteiger partial charge in [-0.05, 0) is 25.1 Å². The van der Waals surface area contributed by atoms with Crippen LogP contribution in [0.25, 0.3) is 0 Å². The number of carbonyl (C=O) groups is 2. The van der Waals surface area contributed by atoms with Gasteiger partial charge in [0.15, 0.2) is 5.78 Å². The number of alkyl halides is 3. The lowest BCUT2D eigenvalue weighted by molar-refractivity contribution is -0.137.